The van der Waals surface area contributed by atoms with Crippen molar-refractivity contribution in [2.45, 2.75) is 19.3 Å². The molecular weight excluding hydrogens is 569 g/mol. The molecule has 0 radical (unpaired) electrons. The van der Waals surface area contributed by atoms with Gasteiger partial charge in [-0.25, -0.2) is 0 Å². The van der Waals surface area contributed by atoms with Crippen LogP contribution in [0.3, 0.4) is 0 Å². The van der Waals surface area contributed by atoms with Gasteiger partial charge in [-0.2, -0.15) is 0 Å². The Labute approximate surface area is 275 Å². The fourth-order valence-corrected chi connectivity index (χ4v) is 7.77. The van der Waals surface area contributed by atoms with Crippen molar-refractivity contribution in [2.24, 2.45) is 0 Å². The quantitative estimate of drug-likeness (QED) is 0.190. The number of hydrogen-bond acceptors (Lipinski definition) is 1. The first-order chi connectivity index (χ1) is 23.1. The molecule has 0 bridgehead atoms. The molecular formula is C45H34N2. The molecule has 7 aromatic carbocycles. The van der Waals surface area contributed by atoms with E-state index >= 15 is 0 Å². The molecule has 0 spiro atoms. The third kappa shape index (κ3) is 4.26. The van der Waals surface area contributed by atoms with Crippen molar-refractivity contribution in [3.05, 3.63) is 181 Å². The fourth-order valence-electron chi connectivity index (χ4n) is 7.77. The van der Waals surface area contributed by atoms with Crippen LogP contribution < -0.4 is 4.90 Å². The number of anilines is 3. The van der Waals surface area contributed by atoms with Gasteiger partial charge in [-0.3, -0.25) is 0 Å². The van der Waals surface area contributed by atoms with Crippen LogP contribution in [0, 0.1) is 0 Å². The van der Waals surface area contributed by atoms with Gasteiger partial charge in [0.25, 0.3) is 0 Å². The number of fused-ring (bicyclic) bond motifs is 6. The predicted molar refractivity (Wildman–Crippen MR) is 198 cm³/mol. The zero-order valence-corrected chi connectivity index (χ0v) is 26.6. The van der Waals surface area contributed by atoms with Gasteiger partial charge in [0, 0.05) is 38.9 Å². The van der Waals surface area contributed by atoms with E-state index in [9.17, 15) is 0 Å². The highest BCUT2D eigenvalue weighted by Gasteiger charge is 2.37. The van der Waals surface area contributed by atoms with Crippen LogP contribution in [0.15, 0.2) is 170 Å². The minimum Gasteiger partial charge on any atom is -0.310 e. The second-order valence-corrected chi connectivity index (χ2v) is 13.0. The van der Waals surface area contributed by atoms with Crippen LogP contribution in [0.25, 0.3) is 49.7 Å². The Bertz CT molecular complexity index is 2360. The molecule has 1 aromatic heterocycles. The second-order valence-electron chi connectivity index (χ2n) is 13.0. The van der Waals surface area contributed by atoms with E-state index in [4.69, 9.17) is 0 Å². The predicted octanol–water partition coefficient (Wildman–Crippen LogP) is 12.2. The van der Waals surface area contributed by atoms with E-state index in [0.29, 0.717) is 0 Å². The lowest BCUT2D eigenvalue weighted by Gasteiger charge is -2.27. The molecule has 0 N–H and O–H groups in total. The summed E-state index contributed by atoms with van der Waals surface area (Å²) in [5.41, 5.74) is 14.8. The Morgan fingerprint density at radius 2 is 1.02 bits per heavy atom. The average molecular weight is 603 g/mol. The lowest BCUT2D eigenvalue weighted by Crippen LogP contribution is -2.15. The summed E-state index contributed by atoms with van der Waals surface area (Å²) in [5.74, 6) is 0. The Morgan fingerprint density at radius 3 is 1.70 bits per heavy atom. The lowest BCUT2D eigenvalue weighted by atomic mass is 9.82. The Morgan fingerprint density at radius 1 is 0.447 bits per heavy atom. The lowest BCUT2D eigenvalue weighted by molar-refractivity contribution is 0.660. The van der Waals surface area contributed by atoms with E-state index in [1.807, 2.05) is 0 Å². The largest absolute Gasteiger partial charge is 0.310 e. The molecule has 224 valence electrons. The number of hydrogen-bond donors (Lipinski definition) is 0. The minimum absolute atomic E-state index is 0.0878. The summed E-state index contributed by atoms with van der Waals surface area (Å²) in [6, 6.07) is 61.7. The second kappa shape index (κ2) is 10.6. The molecule has 1 aliphatic rings. The molecule has 0 saturated heterocycles. The number of benzene rings is 7. The Balaban J connectivity index is 1.20. The van der Waals surface area contributed by atoms with Crippen LogP contribution in [0.2, 0.25) is 0 Å². The van der Waals surface area contributed by atoms with Gasteiger partial charge in [0.2, 0.25) is 0 Å². The molecule has 9 rings (SSSR count). The smallest absolute Gasteiger partial charge is 0.0541 e. The number of rotatable bonds is 5. The van der Waals surface area contributed by atoms with Gasteiger partial charge in [-0.05, 0) is 94.0 Å². The Kier molecular flexibility index (Phi) is 6.20. The van der Waals surface area contributed by atoms with E-state index in [2.05, 4.69) is 193 Å². The van der Waals surface area contributed by atoms with E-state index in [-0.39, 0.29) is 5.41 Å². The molecule has 2 heteroatoms. The zero-order chi connectivity index (χ0) is 31.5. The van der Waals surface area contributed by atoms with Gasteiger partial charge >= 0.3 is 0 Å². The van der Waals surface area contributed by atoms with Gasteiger partial charge in [-0.1, -0.05) is 123 Å². The van der Waals surface area contributed by atoms with E-state index < -0.39 is 0 Å². The van der Waals surface area contributed by atoms with Crippen LogP contribution in [0.5, 0.6) is 0 Å². The Hall–Kier alpha value is -5.86. The van der Waals surface area contributed by atoms with Gasteiger partial charge in [0.1, 0.15) is 0 Å². The molecule has 1 aliphatic carbocycles. The SMILES string of the molecule is CC1(C)c2ccc(N(c3ccccc3)c3ccc(-n4c5ccccc5c5ccccc54)cc3)cc2-c2c(-c3ccccc3)cccc21. The minimum atomic E-state index is -0.0878. The summed E-state index contributed by atoms with van der Waals surface area (Å²) in [6.45, 7) is 4.71. The summed E-state index contributed by atoms with van der Waals surface area (Å²) in [4.78, 5) is 2.38. The number of nitrogens with zero attached hydrogens (tertiary/aromatic N) is 2. The molecule has 47 heavy (non-hydrogen) atoms. The van der Waals surface area contributed by atoms with Crippen LogP contribution in [-0.2, 0) is 5.41 Å². The topological polar surface area (TPSA) is 8.17 Å². The standard InChI is InChI=1S/C45H34N2/c1-45(2)40-29-28-35(30-39(40)44-36(20-13-21-41(44)45)31-14-5-3-6-15-31)46(32-16-7-4-8-17-32)33-24-26-34(27-25-33)47-42-22-11-9-18-37(42)38-19-10-12-23-43(38)47/h3-30H,1-2H3. The van der Waals surface area contributed by atoms with Crippen molar-refractivity contribution in [2.75, 3.05) is 4.90 Å². The summed E-state index contributed by atoms with van der Waals surface area (Å²) in [6.07, 6.45) is 0. The maximum absolute atomic E-state index is 2.41. The van der Waals surface area contributed by atoms with E-state index in [0.717, 1.165) is 22.7 Å². The maximum atomic E-state index is 2.41. The van der Waals surface area contributed by atoms with Crippen molar-refractivity contribution in [3.63, 3.8) is 0 Å². The molecule has 0 atom stereocenters. The first-order valence-electron chi connectivity index (χ1n) is 16.4. The first-order valence-corrected chi connectivity index (χ1v) is 16.4. The normalized spacial score (nSPS) is 13.1. The van der Waals surface area contributed by atoms with Crippen LogP contribution in [-0.4, -0.2) is 4.57 Å². The number of para-hydroxylation sites is 3. The van der Waals surface area contributed by atoms with Crippen molar-refractivity contribution in [1.29, 1.82) is 0 Å². The van der Waals surface area contributed by atoms with Crippen molar-refractivity contribution >= 4 is 38.9 Å². The summed E-state index contributed by atoms with van der Waals surface area (Å²) in [7, 11) is 0. The summed E-state index contributed by atoms with van der Waals surface area (Å²) >= 11 is 0. The van der Waals surface area contributed by atoms with E-state index in [1.165, 1.54) is 55.2 Å². The summed E-state index contributed by atoms with van der Waals surface area (Å²) in [5, 5.41) is 2.55. The molecule has 1 heterocycles. The van der Waals surface area contributed by atoms with Gasteiger partial charge in [0.05, 0.1) is 11.0 Å². The zero-order valence-electron chi connectivity index (χ0n) is 26.6. The van der Waals surface area contributed by atoms with Gasteiger partial charge < -0.3 is 9.47 Å². The van der Waals surface area contributed by atoms with Crippen LogP contribution in [0.1, 0.15) is 25.0 Å². The van der Waals surface area contributed by atoms with Gasteiger partial charge in [-0.15, -0.1) is 0 Å². The fraction of sp³-hybridized carbons (Fsp3) is 0.0667. The highest BCUT2D eigenvalue weighted by molar-refractivity contribution is 6.09. The molecule has 0 unspecified atom stereocenters. The molecule has 0 amide bonds. The third-order valence-corrected chi connectivity index (χ3v) is 9.99. The third-order valence-electron chi connectivity index (χ3n) is 9.99. The molecule has 0 saturated carbocycles. The molecule has 0 fully saturated rings. The van der Waals surface area contributed by atoms with Crippen molar-refractivity contribution in [1.82, 2.24) is 4.57 Å². The van der Waals surface area contributed by atoms with Crippen LogP contribution in [0.4, 0.5) is 17.1 Å². The molecule has 2 nitrogen and oxygen atoms in total. The highest BCUT2D eigenvalue weighted by Crippen LogP contribution is 2.53. The van der Waals surface area contributed by atoms with Gasteiger partial charge in [0.15, 0.2) is 0 Å². The molecule has 8 aromatic rings. The monoisotopic (exact) mass is 602 g/mol. The van der Waals surface area contributed by atoms with Crippen molar-refractivity contribution < 1.29 is 0 Å². The number of aromatic nitrogens is 1. The van der Waals surface area contributed by atoms with Crippen molar-refractivity contribution in [3.8, 4) is 27.9 Å². The first kappa shape index (κ1) is 27.5. The van der Waals surface area contributed by atoms with Crippen LogP contribution >= 0.6 is 0 Å². The average Bonchev–Trinajstić information content (AvgIpc) is 3.58. The van der Waals surface area contributed by atoms with E-state index in [1.54, 1.807) is 0 Å². The molecule has 0 aliphatic heterocycles. The summed E-state index contributed by atoms with van der Waals surface area (Å²) < 4.78 is 2.38. The maximum Gasteiger partial charge on any atom is 0.0541 e. The highest BCUT2D eigenvalue weighted by atomic mass is 15.1.